The van der Waals surface area contributed by atoms with Gasteiger partial charge in [-0.05, 0) is 51.3 Å². The van der Waals surface area contributed by atoms with Crippen molar-refractivity contribution < 1.29 is 4.79 Å². The molecule has 0 fully saturated rings. The van der Waals surface area contributed by atoms with Crippen molar-refractivity contribution in [1.29, 1.82) is 0 Å². The molecular formula is C18H21ClN3OS+. The Labute approximate surface area is 150 Å². The van der Waals surface area contributed by atoms with Gasteiger partial charge in [0.05, 0.1) is 0 Å². The van der Waals surface area contributed by atoms with E-state index in [2.05, 4.69) is 9.62 Å². The van der Waals surface area contributed by atoms with Gasteiger partial charge in [0.1, 0.15) is 5.69 Å². The zero-order chi connectivity index (χ0) is 17.1. The largest absolute Gasteiger partial charge is 0.364 e. The molecule has 2 amide bonds. The number of rotatable bonds is 5. The zero-order valence-corrected chi connectivity index (χ0v) is 15.4. The van der Waals surface area contributed by atoms with E-state index in [1.54, 1.807) is 0 Å². The summed E-state index contributed by atoms with van der Waals surface area (Å²) < 4.78 is 3.15. The monoisotopic (exact) mass is 362 g/mol. The molecule has 0 saturated carbocycles. The van der Waals surface area contributed by atoms with Gasteiger partial charge < -0.3 is 4.90 Å². The summed E-state index contributed by atoms with van der Waals surface area (Å²) >= 11 is 5.73. The molecule has 1 unspecified atom stereocenters. The van der Waals surface area contributed by atoms with Gasteiger partial charge in [0.2, 0.25) is 4.90 Å². The molecule has 1 aliphatic heterocycles. The number of halogens is 1. The molecule has 0 radical (unpaired) electrons. The summed E-state index contributed by atoms with van der Waals surface area (Å²) in [7, 11) is 4.08. The Morgan fingerprint density at radius 3 is 2.62 bits per heavy atom. The van der Waals surface area contributed by atoms with Crippen molar-refractivity contribution in [3.05, 3.63) is 53.6 Å². The predicted molar refractivity (Wildman–Crippen MR) is 101 cm³/mol. The zero-order valence-electron chi connectivity index (χ0n) is 13.8. The Hall–Kier alpha value is -1.69. The van der Waals surface area contributed by atoms with E-state index in [-0.39, 0.29) is 6.03 Å². The highest BCUT2D eigenvalue weighted by Crippen LogP contribution is 2.36. The highest BCUT2D eigenvalue weighted by atomic mass is 35.5. The van der Waals surface area contributed by atoms with Gasteiger partial charge >= 0.3 is 6.03 Å². The first-order valence-corrected chi connectivity index (χ1v) is 9.48. The summed E-state index contributed by atoms with van der Waals surface area (Å²) in [5.74, 6) is 0. The lowest BCUT2D eigenvalue weighted by molar-refractivity contribution is 0.250. The molecule has 2 aromatic rings. The van der Waals surface area contributed by atoms with Crippen molar-refractivity contribution in [2.24, 2.45) is 0 Å². The number of anilines is 1. The second-order valence-electron chi connectivity index (χ2n) is 5.95. The van der Waals surface area contributed by atoms with Crippen molar-refractivity contribution >= 4 is 34.4 Å². The van der Waals surface area contributed by atoms with E-state index in [0.717, 1.165) is 28.4 Å². The number of urea groups is 1. The minimum Gasteiger partial charge on any atom is -0.309 e. The van der Waals surface area contributed by atoms with Crippen LogP contribution in [0.1, 0.15) is 6.42 Å². The topological polar surface area (TPSA) is 35.6 Å². The van der Waals surface area contributed by atoms with Crippen LogP contribution in [-0.2, 0) is 11.1 Å². The first-order valence-electron chi connectivity index (χ1n) is 7.88. The number of carbonyl (C=O) groups is 1. The summed E-state index contributed by atoms with van der Waals surface area (Å²) in [5, 5.41) is 0.687. The van der Waals surface area contributed by atoms with Crippen LogP contribution in [-0.4, -0.2) is 38.1 Å². The number of carbonyl (C=O) groups excluding carboxylic acids is 1. The fraction of sp³-hybridized carbons (Fsp3) is 0.278. The molecular weight excluding hydrogens is 342 g/mol. The Bertz CT molecular complexity index is 723. The van der Waals surface area contributed by atoms with E-state index in [9.17, 15) is 4.79 Å². The summed E-state index contributed by atoms with van der Waals surface area (Å²) in [6, 6.07) is 15.8. The summed E-state index contributed by atoms with van der Waals surface area (Å²) in [5.41, 5.74) is 0.953. The molecule has 6 heteroatoms. The van der Waals surface area contributed by atoms with Gasteiger partial charge in [-0.2, -0.15) is 0 Å². The molecule has 0 aliphatic carbocycles. The van der Waals surface area contributed by atoms with Gasteiger partial charge in [-0.3, -0.25) is 4.90 Å². The van der Waals surface area contributed by atoms with Crippen LogP contribution in [0.15, 0.2) is 58.3 Å². The minimum absolute atomic E-state index is 0.0456. The van der Waals surface area contributed by atoms with Crippen molar-refractivity contribution in [2.45, 2.75) is 16.2 Å². The first kappa shape index (κ1) is 17.1. The van der Waals surface area contributed by atoms with Gasteiger partial charge in [0.15, 0.2) is 16.0 Å². The van der Waals surface area contributed by atoms with Crippen LogP contribution in [0.25, 0.3) is 0 Å². The van der Waals surface area contributed by atoms with Crippen molar-refractivity contribution in [3.63, 3.8) is 0 Å². The highest BCUT2D eigenvalue weighted by Gasteiger charge is 2.40. The molecule has 1 N–H and O–H groups in total. The average molecular weight is 363 g/mol. The smallest absolute Gasteiger partial charge is 0.309 e. The fourth-order valence-corrected chi connectivity index (χ4v) is 4.76. The number of benzene rings is 2. The van der Waals surface area contributed by atoms with Crippen molar-refractivity contribution in [1.82, 2.24) is 9.62 Å². The third-order valence-corrected chi connectivity index (χ3v) is 5.96. The molecule has 0 spiro atoms. The normalized spacial score (nSPS) is 16.9. The van der Waals surface area contributed by atoms with Gasteiger partial charge in [0.25, 0.3) is 0 Å². The van der Waals surface area contributed by atoms with Crippen LogP contribution in [0.3, 0.4) is 0 Å². The Balaban J connectivity index is 1.94. The maximum atomic E-state index is 12.7. The number of fused-ring (bicyclic) bond motifs is 1. The second kappa shape index (κ2) is 7.47. The van der Waals surface area contributed by atoms with E-state index < -0.39 is 11.1 Å². The Morgan fingerprint density at radius 2 is 1.92 bits per heavy atom. The predicted octanol–water partition coefficient (Wildman–Crippen LogP) is 3.77. The maximum absolute atomic E-state index is 12.7. The lowest BCUT2D eigenvalue weighted by Crippen LogP contribution is -2.48. The first-order chi connectivity index (χ1) is 11.6. The third-order valence-electron chi connectivity index (χ3n) is 3.83. The highest BCUT2D eigenvalue weighted by molar-refractivity contribution is 7.96. The quantitative estimate of drug-likeness (QED) is 0.822. The SMILES string of the molecule is CN(C)CCCN1C(=O)N[S+](c2ccccc2)c2cc(Cl)ccc21. The maximum Gasteiger partial charge on any atom is 0.364 e. The molecule has 1 aliphatic rings. The number of hydrogen-bond donors (Lipinski definition) is 1. The van der Waals surface area contributed by atoms with Crippen molar-refractivity contribution in [2.75, 3.05) is 32.1 Å². The number of nitrogens with one attached hydrogen (secondary N) is 1. The molecule has 0 aromatic heterocycles. The second-order valence-corrected chi connectivity index (χ2v) is 8.11. The summed E-state index contributed by atoms with van der Waals surface area (Å²) in [6.07, 6.45) is 0.918. The molecule has 24 heavy (non-hydrogen) atoms. The summed E-state index contributed by atoms with van der Waals surface area (Å²) in [6.45, 7) is 1.63. The molecule has 126 valence electrons. The number of nitrogens with zero attached hydrogens (tertiary/aromatic N) is 2. The lowest BCUT2D eigenvalue weighted by Gasteiger charge is -2.28. The molecule has 4 nitrogen and oxygen atoms in total. The molecule has 0 saturated heterocycles. The van der Waals surface area contributed by atoms with E-state index >= 15 is 0 Å². The Kier molecular flexibility index (Phi) is 5.33. The van der Waals surface area contributed by atoms with Gasteiger partial charge in [-0.15, -0.1) is 4.72 Å². The van der Waals surface area contributed by atoms with E-state index in [0.29, 0.717) is 11.6 Å². The lowest BCUT2D eigenvalue weighted by atomic mass is 10.2. The van der Waals surface area contributed by atoms with E-state index in [4.69, 9.17) is 11.6 Å². The molecule has 3 rings (SSSR count). The molecule has 2 aromatic carbocycles. The van der Waals surface area contributed by atoms with Gasteiger partial charge in [-0.25, -0.2) is 4.79 Å². The van der Waals surface area contributed by atoms with Crippen LogP contribution in [0.2, 0.25) is 5.02 Å². The van der Waals surface area contributed by atoms with Crippen molar-refractivity contribution in [3.8, 4) is 0 Å². The van der Waals surface area contributed by atoms with Crippen LogP contribution in [0, 0.1) is 0 Å². The van der Waals surface area contributed by atoms with Crippen LogP contribution in [0.5, 0.6) is 0 Å². The fourth-order valence-electron chi connectivity index (χ4n) is 2.69. The minimum atomic E-state index is -0.494. The van der Waals surface area contributed by atoms with Gasteiger partial charge in [0, 0.05) is 17.6 Å². The molecule has 1 atom stereocenters. The van der Waals surface area contributed by atoms with E-state index in [1.807, 2.05) is 67.5 Å². The molecule has 0 bridgehead atoms. The van der Waals surface area contributed by atoms with Crippen LogP contribution in [0.4, 0.5) is 10.5 Å². The average Bonchev–Trinajstić information content (AvgIpc) is 2.57. The number of hydrogen-bond acceptors (Lipinski definition) is 2. The summed E-state index contributed by atoms with van der Waals surface area (Å²) in [4.78, 5) is 18.8. The standard InChI is InChI=1S/C18H20ClN3OS/c1-21(2)11-6-12-22-16-10-9-14(19)13-17(16)24(20-18(22)23)15-7-4-3-5-8-15/h3-5,7-10,13H,6,11-12H2,1-2H3/p+1. The van der Waals surface area contributed by atoms with Crippen LogP contribution >= 0.6 is 11.6 Å². The number of amides is 2. The van der Waals surface area contributed by atoms with Gasteiger partial charge in [-0.1, -0.05) is 29.8 Å². The van der Waals surface area contributed by atoms with E-state index in [1.165, 1.54) is 0 Å². The molecule has 1 heterocycles. The van der Waals surface area contributed by atoms with Crippen LogP contribution < -0.4 is 9.62 Å². The third kappa shape index (κ3) is 3.69. The Morgan fingerprint density at radius 1 is 1.17 bits per heavy atom.